The molecule has 1 aromatic rings. The Hall–Kier alpha value is -1.59. The maximum atomic E-state index is 12.4. The predicted molar refractivity (Wildman–Crippen MR) is 95.5 cm³/mol. The fourth-order valence-corrected chi connectivity index (χ4v) is 3.45. The van der Waals surface area contributed by atoms with Crippen LogP contribution in [0.2, 0.25) is 5.02 Å². The average molecular weight is 352 g/mol. The van der Waals surface area contributed by atoms with Gasteiger partial charge in [0.1, 0.15) is 0 Å². The van der Waals surface area contributed by atoms with E-state index in [4.69, 9.17) is 17.3 Å². The van der Waals surface area contributed by atoms with Crippen LogP contribution >= 0.6 is 11.6 Å². The number of rotatable bonds is 7. The van der Waals surface area contributed by atoms with Crippen molar-refractivity contribution in [3.63, 3.8) is 0 Å². The van der Waals surface area contributed by atoms with Crippen LogP contribution in [0.1, 0.15) is 44.2 Å². The van der Waals surface area contributed by atoms with E-state index in [1.165, 1.54) is 0 Å². The van der Waals surface area contributed by atoms with Crippen LogP contribution in [-0.2, 0) is 9.59 Å². The van der Waals surface area contributed by atoms with E-state index in [9.17, 15) is 9.59 Å². The molecular weight excluding hydrogens is 326 g/mol. The summed E-state index contributed by atoms with van der Waals surface area (Å²) in [6.45, 7) is 4.14. The second-order valence-electron chi connectivity index (χ2n) is 6.63. The van der Waals surface area contributed by atoms with Gasteiger partial charge in [0, 0.05) is 11.4 Å². The molecular formula is C18H26ClN3O2. The van der Waals surface area contributed by atoms with Gasteiger partial charge in [-0.15, -0.1) is 0 Å². The minimum Gasteiger partial charge on any atom is -0.370 e. The number of piperidine rings is 1. The molecule has 132 valence electrons. The summed E-state index contributed by atoms with van der Waals surface area (Å²) < 4.78 is 0. The van der Waals surface area contributed by atoms with E-state index in [0.29, 0.717) is 23.3 Å². The van der Waals surface area contributed by atoms with Crippen molar-refractivity contribution in [2.45, 2.75) is 38.6 Å². The zero-order valence-corrected chi connectivity index (χ0v) is 14.8. The fraction of sp³-hybridized carbons (Fsp3) is 0.556. The molecule has 2 rings (SSSR count). The van der Waals surface area contributed by atoms with Gasteiger partial charge in [-0.05, 0) is 55.5 Å². The number of hydrogen-bond donors (Lipinski definition) is 3. The maximum absolute atomic E-state index is 12.4. The average Bonchev–Trinajstić information content (AvgIpc) is 2.54. The highest BCUT2D eigenvalue weighted by atomic mass is 35.5. The maximum Gasteiger partial charge on any atom is 0.220 e. The second-order valence-corrected chi connectivity index (χ2v) is 7.07. The molecule has 0 aromatic heterocycles. The van der Waals surface area contributed by atoms with E-state index >= 15 is 0 Å². The van der Waals surface area contributed by atoms with Crippen LogP contribution in [0.25, 0.3) is 0 Å². The Morgan fingerprint density at radius 3 is 2.83 bits per heavy atom. The van der Waals surface area contributed by atoms with Crippen molar-refractivity contribution < 1.29 is 9.59 Å². The van der Waals surface area contributed by atoms with E-state index in [1.54, 1.807) is 18.2 Å². The van der Waals surface area contributed by atoms with Gasteiger partial charge in [-0.1, -0.05) is 30.7 Å². The van der Waals surface area contributed by atoms with Crippen LogP contribution in [0, 0.1) is 11.8 Å². The first-order valence-electron chi connectivity index (χ1n) is 8.49. The molecule has 2 amide bonds. The highest BCUT2D eigenvalue weighted by Gasteiger charge is 2.24. The first kappa shape index (κ1) is 18.7. The van der Waals surface area contributed by atoms with Crippen molar-refractivity contribution in [2.24, 2.45) is 17.6 Å². The first-order valence-corrected chi connectivity index (χ1v) is 8.87. The lowest BCUT2D eigenvalue weighted by atomic mass is 9.85. The third-order valence-electron chi connectivity index (χ3n) is 4.64. The summed E-state index contributed by atoms with van der Waals surface area (Å²) >= 11 is 6.01. The number of carbonyl (C=O) groups is 2. The Morgan fingerprint density at radius 1 is 1.42 bits per heavy atom. The number of nitrogens with one attached hydrogen (secondary N) is 2. The molecule has 0 bridgehead atoms. The van der Waals surface area contributed by atoms with Crippen molar-refractivity contribution in [2.75, 3.05) is 13.1 Å². The number of carbonyl (C=O) groups excluding carboxylic acids is 2. The Bertz CT molecular complexity index is 573. The van der Waals surface area contributed by atoms with Gasteiger partial charge >= 0.3 is 0 Å². The molecule has 5 nitrogen and oxygen atoms in total. The lowest BCUT2D eigenvalue weighted by molar-refractivity contribution is -0.123. The van der Waals surface area contributed by atoms with Crippen LogP contribution in [0.15, 0.2) is 24.3 Å². The number of amides is 2. The van der Waals surface area contributed by atoms with Crippen LogP contribution < -0.4 is 16.4 Å². The summed E-state index contributed by atoms with van der Waals surface area (Å²) in [6, 6.07) is 6.71. The summed E-state index contributed by atoms with van der Waals surface area (Å²) in [6.07, 6.45) is 2.82. The summed E-state index contributed by atoms with van der Waals surface area (Å²) in [7, 11) is 0. The topological polar surface area (TPSA) is 84.2 Å². The van der Waals surface area contributed by atoms with Crippen molar-refractivity contribution in [3.05, 3.63) is 34.9 Å². The van der Waals surface area contributed by atoms with Gasteiger partial charge in [0.05, 0.1) is 12.5 Å². The summed E-state index contributed by atoms with van der Waals surface area (Å²) in [4.78, 5) is 23.8. The van der Waals surface area contributed by atoms with E-state index in [-0.39, 0.29) is 12.3 Å². The van der Waals surface area contributed by atoms with E-state index in [2.05, 4.69) is 17.6 Å². The molecule has 6 heteroatoms. The van der Waals surface area contributed by atoms with E-state index in [1.807, 2.05) is 6.07 Å². The van der Waals surface area contributed by atoms with Crippen molar-refractivity contribution in [1.82, 2.24) is 10.6 Å². The molecule has 1 aliphatic heterocycles. The van der Waals surface area contributed by atoms with Gasteiger partial charge in [-0.2, -0.15) is 0 Å². The SMILES string of the molecule is CC(CC(=O)N[C@H](CC(N)=O)c1cccc(Cl)c1)C1CCCNC1. The van der Waals surface area contributed by atoms with Crippen LogP contribution in [0.3, 0.4) is 0 Å². The quantitative estimate of drug-likeness (QED) is 0.705. The predicted octanol–water partition coefficient (Wildman–Crippen LogP) is 2.40. The van der Waals surface area contributed by atoms with Crippen molar-refractivity contribution >= 4 is 23.4 Å². The van der Waals surface area contributed by atoms with Crippen molar-refractivity contribution in [3.8, 4) is 0 Å². The molecule has 24 heavy (non-hydrogen) atoms. The molecule has 1 fully saturated rings. The van der Waals surface area contributed by atoms with Gasteiger partial charge in [0.2, 0.25) is 11.8 Å². The summed E-state index contributed by atoms with van der Waals surface area (Å²) in [5.74, 6) is 0.306. The van der Waals surface area contributed by atoms with E-state index in [0.717, 1.165) is 31.5 Å². The molecule has 1 saturated heterocycles. The summed E-state index contributed by atoms with van der Waals surface area (Å²) in [5.41, 5.74) is 6.12. The Labute approximate surface area is 148 Å². The minimum atomic E-state index is -0.454. The lowest BCUT2D eigenvalue weighted by Gasteiger charge is -2.28. The number of halogens is 1. The summed E-state index contributed by atoms with van der Waals surface area (Å²) in [5, 5.41) is 6.89. The molecule has 0 saturated carbocycles. The monoisotopic (exact) mass is 351 g/mol. The molecule has 4 N–H and O–H groups in total. The molecule has 1 aromatic carbocycles. The highest BCUT2D eigenvalue weighted by Crippen LogP contribution is 2.24. The molecule has 1 aliphatic rings. The van der Waals surface area contributed by atoms with Crippen LogP contribution in [0.5, 0.6) is 0 Å². The van der Waals surface area contributed by atoms with Gasteiger partial charge < -0.3 is 16.4 Å². The normalized spacial score (nSPS) is 20.2. The Balaban J connectivity index is 1.97. The van der Waals surface area contributed by atoms with Gasteiger partial charge in [0.15, 0.2) is 0 Å². The molecule has 0 aliphatic carbocycles. The highest BCUT2D eigenvalue weighted by molar-refractivity contribution is 6.30. The number of hydrogen-bond acceptors (Lipinski definition) is 3. The Kier molecular flexibility index (Phi) is 7.06. The third kappa shape index (κ3) is 5.80. The van der Waals surface area contributed by atoms with E-state index < -0.39 is 11.9 Å². The number of nitrogens with two attached hydrogens (primary N) is 1. The first-order chi connectivity index (χ1) is 11.5. The standard InChI is InChI=1S/C18H26ClN3O2/c1-12(14-5-3-7-21-11-14)8-18(24)22-16(10-17(20)23)13-4-2-6-15(19)9-13/h2,4,6,9,12,14,16,21H,3,5,7-8,10-11H2,1H3,(H2,20,23)(H,22,24)/t12?,14?,16-/m1/s1. The fourth-order valence-electron chi connectivity index (χ4n) is 3.25. The molecule has 1 heterocycles. The number of primary amides is 1. The second kappa shape index (κ2) is 9.04. The van der Waals surface area contributed by atoms with Gasteiger partial charge in [-0.3, -0.25) is 9.59 Å². The van der Waals surface area contributed by atoms with Crippen LogP contribution in [-0.4, -0.2) is 24.9 Å². The molecule has 0 radical (unpaired) electrons. The largest absolute Gasteiger partial charge is 0.370 e. The Morgan fingerprint density at radius 2 is 2.21 bits per heavy atom. The molecule has 0 spiro atoms. The molecule has 3 atom stereocenters. The van der Waals surface area contributed by atoms with Gasteiger partial charge in [-0.25, -0.2) is 0 Å². The zero-order valence-electron chi connectivity index (χ0n) is 14.1. The number of benzene rings is 1. The third-order valence-corrected chi connectivity index (χ3v) is 4.87. The van der Waals surface area contributed by atoms with Crippen LogP contribution in [0.4, 0.5) is 0 Å². The van der Waals surface area contributed by atoms with Gasteiger partial charge in [0.25, 0.3) is 0 Å². The zero-order chi connectivity index (χ0) is 17.5. The minimum absolute atomic E-state index is 0.0562. The molecule has 2 unspecified atom stereocenters. The van der Waals surface area contributed by atoms with Crippen molar-refractivity contribution in [1.29, 1.82) is 0 Å². The smallest absolute Gasteiger partial charge is 0.220 e. The lowest BCUT2D eigenvalue weighted by Crippen LogP contribution is -2.37.